The minimum Gasteiger partial charge on any atom is -0.624 e. The molecule has 1 aromatic heterocycles. The summed E-state index contributed by atoms with van der Waals surface area (Å²) in [6.07, 6.45) is 0. The van der Waals surface area contributed by atoms with Gasteiger partial charge in [-0.25, -0.2) is 9.59 Å². The van der Waals surface area contributed by atoms with Crippen molar-refractivity contribution in [2.45, 2.75) is 42.0 Å². The molecule has 11 heteroatoms. The van der Waals surface area contributed by atoms with Crippen LogP contribution in [0.25, 0.3) is 0 Å². The molecule has 0 spiro atoms. The fraction of sp³-hybridized carbons (Fsp3) is 0.467. The highest BCUT2D eigenvalue weighted by Gasteiger charge is 2.74. The molecule has 9 nitrogen and oxygen atoms in total. The van der Waals surface area contributed by atoms with Crippen LogP contribution in [0.4, 0.5) is 0 Å². The number of thiophene rings is 1. The van der Waals surface area contributed by atoms with E-state index >= 15 is 0 Å². The number of carbonyl (C=O) groups excluding carboxylic acids is 2. The van der Waals surface area contributed by atoms with Crippen LogP contribution in [0.1, 0.15) is 25.3 Å². The first-order valence-electron chi connectivity index (χ1n) is 7.61. The Morgan fingerprint density at radius 1 is 1.35 bits per heavy atom. The van der Waals surface area contributed by atoms with E-state index < -0.39 is 56.5 Å². The maximum absolute atomic E-state index is 12.9. The lowest BCUT2D eigenvalue weighted by Gasteiger charge is -2.54. The largest absolute Gasteiger partial charge is 0.624 e. The van der Waals surface area contributed by atoms with Gasteiger partial charge in [-0.1, -0.05) is 11.8 Å². The number of nitrogens with one attached hydrogen (secondary N) is 1. The number of carbonyl (C=O) groups is 4. The van der Waals surface area contributed by atoms with Crippen LogP contribution in [0.3, 0.4) is 0 Å². The first kappa shape index (κ1) is 18.8. The SMILES string of the molecule is CC1(C)S[C@@H]2[C@H](NC(=O)[C@H](C(=O)O)c3ccsc3)C(=O)[N+]2([O-])[C@H]1C(=O)O. The van der Waals surface area contributed by atoms with Crippen LogP contribution in [0.2, 0.25) is 0 Å². The van der Waals surface area contributed by atoms with Crippen molar-refractivity contribution in [1.82, 2.24) is 5.32 Å². The highest BCUT2D eigenvalue weighted by atomic mass is 32.2. The van der Waals surface area contributed by atoms with E-state index in [-0.39, 0.29) is 5.56 Å². The maximum atomic E-state index is 12.9. The topological polar surface area (TPSA) is 144 Å². The van der Waals surface area contributed by atoms with E-state index in [1.807, 2.05) is 0 Å². The number of thioether (sulfide) groups is 1. The zero-order valence-corrected chi connectivity index (χ0v) is 15.4. The van der Waals surface area contributed by atoms with E-state index in [1.54, 1.807) is 19.2 Å². The smallest absolute Gasteiger partial charge is 0.364 e. The fourth-order valence-electron chi connectivity index (χ4n) is 3.54. The molecule has 3 N–H and O–H groups in total. The number of nitrogens with zero attached hydrogens (tertiary/aromatic N) is 1. The van der Waals surface area contributed by atoms with Gasteiger partial charge in [-0.3, -0.25) is 14.2 Å². The van der Waals surface area contributed by atoms with Crippen LogP contribution in [0.15, 0.2) is 16.8 Å². The Balaban J connectivity index is 1.83. The van der Waals surface area contributed by atoms with Gasteiger partial charge in [0.25, 0.3) is 0 Å². The van der Waals surface area contributed by atoms with E-state index in [4.69, 9.17) is 0 Å². The van der Waals surface area contributed by atoms with Crippen molar-refractivity contribution in [2.75, 3.05) is 0 Å². The Hall–Kier alpha value is -1.95. The number of amides is 2. The molecule has 2 fully saturated rings. The summed E-state index contributed by atoms with van der Waals surface area (Å²) in [7, 11) is 0. The Morgan fingerprint density at radius 2 is 2.00 bits per heavy atom. The number of carboxylic acids is 2. The van der Waals surface area contributed by atoms with Crippen LogP contribution in [0.5, 0.6) is 0 Å². The molecule has 1 aromatic rings. The van der Waals surface area contributed by atoms with Gasteiger partial charge in [-0.2, -0.15) is 11.3 Å². The number of carboxylic acid groups (broad SMARTS) is 2. The number of rotatable bonds is 5. The average Bonchev–Trinajstić information content (AvgIpc) is 3.08. The third-order valence-electron chi connectivity index (χ3n) is 4.66. The quantitative estimate of drug-likeness (QED) is 0.281. The number of hydrogen-bond acceptors (Lipinski definition) is 7. The number of hydroxylamine groups is 3. The molecule has 0 saturated carbocycles. The molecule has 0 aliphatic carbocycles. The molecule has 2 aliphatic heterocycles. The van der Waals surface area contributed by atoms with Gasteiger partial charge in [0.15, 0.2) is 11.3 Å². The Labute approximate surface area is 156 Å². The molecule has 140 valence electrons. The number of fused-ring (bicyclic) bond motifs is 1. The standard InChI is InChI=1S/C15H16N2O7S2/c1-15(2)9(14(22)23)17(24)11(19)8(12(17)26-15)16-10(18)7(13(20)21)6-3-4-25-5-6/h3-5,7-9,12H,1-2H3,(H,16,18)(H,20,21)(H,22,23)/t7-,8-,9+,12-,17?/m1/s1. The summed E-state index contributed by atoms with van der Waals surface area (Å²) >= 11 is 2.25. The molecule has 0 bridgehead atoms. The third-order valence-corrected chi connectivity index (χ3v) is 7.02. The first-order chi connectivity index (χ1) is 12.0. The minimum absolute atomic E-state index is 0.275. The van der Waals surface area contributed by atoms with Gasteiger partial charge in [-0.05, 0) is 36.2 Å². The molecule has 0 aromatic carbocycles. The number of hydrogen-bond donors (Lipinski definition) is 3. The van der Waals surface area contributed by atoms with Crippen molar-refractivity contribution >= 4 is 46.9 Å². The van der Waals surface area contributed by atoms with E-state index in [9.17, 15) is 34.6 Å². The molecular formula is C15H16N2O7S2. The van der Waals surface area contributed by atoms with Crippen LogP contribution in [-0.2, 0) is 19.2 Å². The lowest BCUT2D eigenvalue weighted by atomic mass is 9.94. The van der Waals surface area contributed by atoms with Crippen LogP contribution >= 0.6 is 23.1 Å². The maximum Gasteiger partial charge on any atom is 0.364 e. The molecule has 0 radical (unpaired) electrons. The van der Waals surface area contributed by atoms with Gasteiger partial charge in [0.2, 0.25) is 18.0 Å². The third kappa shape index (κ3) is 2.54. The molecule has 3 rings (SSSR count). The molecule has 2 amide bonds. The minimum atomic E-state index is -1.55. The van der Waals surface area contributed by atoms with E-state index in [2.05, 4.69) is 5.32 Å². The van der Waals surface area contributed by atoms with Gasteiger partial charge in [0.1, 0.15) is 0 Å². The van der Waals surface area contributed by atoms with Gasteiger partial charge in [0, 0.05) is 0 Å². The zero-order chi connectivity index (χ0) is 19.4. The van der Waals surface area contributed by atoms with Gasteiger partial charge < -0.3 is 20.7 Å². The van der Waals surface area contributed by atoms with Crippen molar-refractivity contribution in [3.8, 4) is 0 Å². The number of quaternary nitrogens is 1. The predicted octanol–water partition coefficient (Wildman–Crippen LogP) is 0.561. The number of aliphatic carboxylic acids is 2. The fourth-order valence-corrected chi connectivity index (χ4v) is 5.94. The summed E-state index contributed by atoms with van der Waals surface area (Å²) in [5.74, 6) is -6.13. The van der Waals surface area contributed by atoms with Crippen molar-refractivity contribution in [2.24, 2.45) is 0 Å². The van der Waals surface area contributed by atoms with Crippen LogP contribution in [-0.4, -0.2) is 60.8 Å². The molecule has 2 aliphatic rings. The summed E-state index contributed by atoms with van der Waals surface area (Å²) in [6.45, 7) is 3.12. The van der Waals surface area contributed by atoms with E-state index in [0.717, 1.165) is 11.8 Å². The van der Waals surface area contributed by atoms with E-state index in [0.29, 0.717) is 0 Å². The van der Waals surface area contributed by atoms with Crippen LogP contribution < -0.4 is 5.32 Å². The highest BCUT2D eigenvalue weighted by molar-refractivity contribution is 8.01. The molecule has 1 unspecified atom stereocenters. The van der Waals surface area contributed by atoms with Gasteiger partial charge in [0.05, 0.1) is 4.75 Å². The molecule has 26 heavy (non-hydrogen) atoms. The van der Waals surface area contributed by atoms with E-state index in [1.165, 1.54) is 22.8 Å². The summed E-state index contributed by atoms with van der Waals surface area (Å²) in [5, 5.41) is 36.0. The van der Waals surface area contributed by atoms with Crippen molar-refractivity contribution in [1.29, 1.82) is 0 Å². The molecule has 5 atom stereocenters. The predicted molar refractivity (Wildman–Crippen MR) is 92.1 cm³/mol. The second-order valence-electron chi connectivity index (χ2n) is 6.71. The molecular weight excluding hydrogens is 384 g/mol. The zero-order valence-electron chi connectivity index (χ0n) is 13.7. The lowest BCUT2D eigenvalue weighted by Crippen LogP contribution is -2.79. The van der Waals surface area contributed by atoms with Gasteiger partial charge >= 0.3 is 17.8 Å². The van der Waals surface area contributed by atoms with Gasteiger partial charge in [-0.15, -0.1) is 0 Å². The Kier molecular flexibility index (Phi) is 4.38. The molecule has 2 saturated heterocycles. The van der Waals surface area contributed by atoms with Crippen LogP contribution in [0, 0.1) is 5.21 Å². The average molecular weight is 400 g/mol. The summed E-state index contributed by atoms with van der Waals surface area (Å²) in [4.78, 5) is 47.8. The highest BCUT2D eigenvalue weighted by Crippen LogP contribution is 2.56. The van der Waals surface area contributed by atoms with Crippen molar-refractivity contribution < 1.29 is 34.0 Å². The first-order valence-corrected chi connectivity index (χ1v) is 9.43. The van der Waals surface area contributed by atoms with Crippen molar-refractivity contribution in [3.63, 3.8) is 0 Å². The summed E-state index contributed by atoms with van der Waals surface area (Å²) in [6, 6.07) is -1.20. The monoisotopic (exact) mass is 400 g/mol. The normalized spacial score (nSPS) is 33.0. The summed E-state index contributed by atoms with van der Waals surface area (Å²) in [5.41, 5.74) is 0.275. The van der Waals surface area contributed by atoms with Crippen molar-refractivity contribution in [3.05, 3.63) is 27.6 Å². The summed E-state index contributed by atoms with van der Waals surface area (Å²) < 4.78 is -2.55. The Morgan fingerprint density at radius 3 is 2.50 bits per heavy atom. The molecule has 3 heterocycles. The number of β-lactam (4-membered cyclic amide) rings is 1. The second-order valence-corrected chi connectivity index (χ2v) is 9.27. The second kappa shape index (κ2) is 6.05. The lowest BCUT2D eigenvalue weighted by molar-refractivity contribution is -0.857. The Bertz CT molecular complexity index is 794.